The van der Waals surface area contributed by atoms with Gasteiger partial charge in [-0.15, -0.1) is 0 Å². The third-order valence-corrected chi connectivity index (χ3v) is 5.29. The first-order chi connectivity index (χ1) is 11.6. The van der Waals surface area contributed by atoms with Crippen LogP contribution in [0.15, 0.2) is 30.3 Å². The van der Waals surface area contributed by atoms with Crippen molar-refractivity contribution in [1.29, 1.82) is 0 Å². The van der Waals surface area contributed by atoms with E-state index in [9.17, 15) is 9.59 Å². The van der Waals surface area contributed by atoms with Crippen molar-refractivity contribution in [3.05, 3.63) is 30.3 Å². The topological polar surface area (TPSA) is 58.6 Å². The minimum atomic E-state index is -0.125. The second kappa shape index (κ2) is 7.34. The lowest BCUT2D eigenvalue weighted by atomic mass is 9.85. The average molecular weight is 330 g/mol. The molecule has 0 aromatic heterocycles. The van der Waals surface area contributed by atoms with Gasteiger partial charge >= 0.3 is 5.97 Å². The van der Waals surface area contributed by atoms with Crippen LogP contribution >= 0.6 is 0 Å². The molecule has 0 unspecified atom stereocenters. The molecule has 1 saturated heterocycles. The highest BCUT2D eigenvalue weighted by Gasteiger charge is 2.39. The standard InChI is InChI=1S/C19H26N2O3/c1-13-12-17(18(22)21(13)16-6-4-3-5-7-16)20-15-10-8-14(9-11-15)19(23)24-2/h3-7,13-15,17,20H,8-12H2,1-2H3/t13-,14?,15?,17-/m1/s1. The quantitative estimate of drug-likeness (QED) is 0.862. The molecular weight excluding hydrogens is 304 g/mol. The van der Waals surface area contributed by atoms with Crippen LogP contribution in [0.1, 0.15) is 39.0 Å². The van der Waals surface area contributed by atoms with Crippen LogP contribution in [-0.2, 0) is 14.3 Å². The molecule has 1 aromatic rings. The number of hydrogen-bond acceptors (Lipinski definition) is 4. The molecule has 24 heavy (non-hydrogen) atoms. The molecule has 0 radical (unpaired) electrons. The van der Waals surface area contributed by atoms with E-state index in [1.807, 2.05) is 35.2 Å². The summed E-state index contributed by atoms with van der Waals surface area (Å²) in [6.45, 7) is 2.10. The number of benzene rings is 1. The van der Waals surface area contributed by atoms with E-state index in [0.717, 1.165) is 37.8 Å². The number of carbonyl (C=O) groups is 2. The SMILES string of the molecule is COC(=O)C1CCC(N[C@@H]2C[C@@H](C)N(c3ccccc3)C2=O)CC1. The van der Waals surface area contributed by atoms with E-state index in [0.29, 0.717) is 6.04 Å². The van der Waals surface area contributed by atoms with Gasteiger partial charge in [-0.1, -0.05) is 18.2 Å². The van der Waals surface area contributed by atoms with E-state index >= 15 is 0 Å². The fourth-order valence-corrected chi connectivity index (χ4v) is 3.99. The van der Waals surface area contributed by atoms with E-state index in [-0.39, 0.29) is 29.9 Å². The van der Waals surface area contributed by atoms with Crippen LogP contribution in [0.2, 0.25) is 0 Å². The number of rotatable bonds is 4. The molecule has 1 aromatic carbocycles. The normalized spacial score (nSPS) is 30.4. The summed E-state index contributed by atoms with van der Waals surface area (Å²) in [5.74, 6) is 0.0742. The molecule has 1 aliphatic carbocycles. The number of amides is 1. The number of carbonyl (C=O) groups excluding carboxylic acids is 2. The molecule has 1 N–H and O–H groups in total. The van der Waals surface area contributed by atoms with Gasteiger partial charge in [0, 0.05) is 17.8 Å². The Morgan fingerprint density at radius 3 is 2.46 bits per heavy atom. The first-order valence-corrected chi connectivity index (χ1v) is 8.82. The van der Waals surface area contributed by atoms with Crippen molar-refractivity contribution in [1.82, 2.24) is 5.32 Å². The Balaban J connectivity index is 1.57. The van der Waals surface area contributed by atoms with Crippen molar-refractivity contribution < 1.29 is 14.3 Å². The lowest BCUT2D eigenvalue weighted by Crippen LogP contribution is -2.45. The highest BCUT2D eigenvalue weighted by atomic mass is 16.5. The number of ether oxygens (including phenoxy) is 1. The molecule has 5 heteroatoms. The number of nitrogens with zero attached hydrogens (tertiary/aromatic N) is 1. The minimum absolute atomic E-state index is 0.0204. The summed E-state index contributed by atoms with van der Waals surface area (Å²) in [5, 5.41) is 3.53. The summed E-state index contributed by atoms with van der Waals surface area (Å²) < 4.78 is 4.83. The average Bonchev–Trinajstić information content (AvgIpc) is 2.89. The molecule has 130 valence electrons. The molecule has 3 rings (SSSR count). The Hall–Kier alpha value is -1.88. The predicted molar refractivity (Wildman–Crippen MR) is 92.7 cm³/mol. The highest BCUT2D eigenvalue weighted by Crippen LogP contribution is 2.29. The van der Waals surface area contributed by atoms with Crippen molar-refractivity contribution in [3.8, 4) is 0 Å². The van der Waals surface area contributed by atoms with Gasteiger partial charge in [0.05, 0.1) is 19.1 Å². The van der Waals surface area contributed by atoms with Gasteiger partial charge in [0.2, 0.25) is 5.91 Å². The molecule has 1 amide bonds. The van der Waals surface area contributed by atoms with Crippen LogP contribution in [0.3, 0.4) is 0 Å². The number of esters is 1. The van der Waals surface area contributed by atoms with E-state index in [4.69, 9.17) is 4.74 Å². The molecular formula is C19H26N2O3. The highest BCUT2D eigenvalue weighted by molar-refractivity contribution is 6.00. The van der Waals surface area contributed by atoms with E-state index in [1.165, 1.54) is 7.11 Å². The lowest BCUT2D eigenvalue weighted by Gasteiger charge is -2.29. The van der Waals surface area contributed by atoms with Gasteiger partial charge in [0.1, 0.15) is 0 Å². The smallest absolute Gasteiger partial charge is 0.308 e. The number of nitrogens with one attached hydrogen (secondary N) is 1. The monoisotopic (exact) mass is 330 g/mol. The van der Waals surface area contributed by atoms with E-state index < -0.39 is 0 Å². The molecule has 0 spiro atoms. The van der Waals surface area contributed by atoms with E-state index in [1.54, 1.807) is 0 Å². The molecule has 2 atom stereocenters. The summed E-state index contributed by atoms with van der Waals surface area (Å²) in [4.78, 5) is 26.3. The van der Waals surface area contributed by atoms with Crippen molar-refractivity contribution in [3.63, 3.8) is 0 Å². The number of para-hydroxylation sites is 1. The van der Waals surface area contributed by atoms with Crippen LogP contribution in [0.5, 0.6) is 0 Å². The predicted octanol–water partition coefficient (Wildman–Crippen LogP) is 2.50. The lowest BCUT2D eigenvalue weighted by molar-refractivity contribution is -0.146. The zero-order chi connectivity index (χ0) is 17.1. The number of methoxy groups -OCH3 is 1. The second-order valence-electron chi connectivity index (χ2n) is 6.92. The van der Waals surface area contributed by atoms with Crippen LogP contribution in [0.4, 0.5) is 5.69 Å². The van der Waals surface area contributed by atoms with Gasteiger partial charge in [-0.3, -0.25) is 9.59 Å². The summed E-state index contributed by atoms with van der Waals surface area (Å²) in [6.07, 6.45) is 4.34. The van der Waals surface area contributed by atoms with Crippen LogP contribution < -0.4 is 10.2 Å². The number of hydrogen-bond donors (Lipinski definition) is 1. The molecule has 0 bridgehead atoms. The summed E-state index contributed by atoms with van der Waals surface area (Å²) >= 11 is 0. The maximum Gasteiger partial charge on any atom is 0.308 e. The first kappa shape index (κ1) is 17.0. The van der Waals surface area contributed by atoms with Crippen LogP contribution in [0, 0.1) is 5.92 Å². The molecule has 1 aliphatic heterocycles. The Labute approximate surface area is 143 Å². The Kier molecular flexibility index (Phi) is 5.19. The molecule has 5 nitrogen and oxygen atoms in total. The third-order valence-electron chi connectivity index (χ3n) is 5.29. The molecule has 2 fully saturated rings. The zero-order valence-corrected chi connectivity index (χ0v) is 14.4. The van der Waals surface area contributed by atoms with Crippen LogP contribution in [0.25, 0.3) is 0 Å². The number of anilines is 1. The van der Waals surface area contributed by atoms with Gasteiger partial charge < -0.3 is 15.0 Å². The van der Waals surface area contributed by atoms with Gasteiger partial charge in [-0.25, -0.2) is 0 Å². The Bertz CT molecular complexity index is 582. The molecule has 2 aliphatic rings. The van der Waals surface area contributed by atoms with Gasteiger partial charge in [-0.05, 0) is 51.2 Å². The Morgan fingerprint density at radius 1 is 1.17 bits per heavy atom. The largest absolute Gasteiger partial charge is 0.469 e. The van der Waals surface area contributed by atoms with E-state index in [2.05, 4.69) is 12.2 Å². The minimum Gasteiger partial charge on any atom is -0.469 e. The first-order valence-electron chi connectivity index (χ1n) is 8.82. The second-order valence-corrected chi connectivity index (χ2v) is 6.92. The summed E-state index contributed by atoms with van der Waals surface area (Å²) in [7, 11) is 1.45. The summed E-state index contributed by atoms with van der Waals surface area (Å²) in [6, 6.07) is 10.2. The molecule has 1 heterocycles. The maximum atomic E-state index is 12.8. The van der Waals surface area contributed by atoms with Crippen molar-refractivity contribution >= 4 is 17.6 Å². The maximum absolute atomic E-state index is 12.8. The van der Waals surface area contributed by atoms with Gasteiger partial charge in [-0.2, -0.15) is 0 Å². The van der Waals surface area contributed by atoms with Crippen molar-refractivity contribution in [2.75, 3.05) is 12.0 Å². The van der Waals surface area contributed by atoms with Crippen LogP contribution in [-0.4, -0.2) is 37.1 Å². The van der Waals surface area contributed by atoms with Crippen molar-refractivity contribution in [2.45, 2.75) is 57.2 Å². The van der Waals surface area contributed by atoms with Crippen molar-refractivity contribution in [2.24, 2.45) is 5.92 Å². The molecule has 1 saturated carbocycles. The van der Waals surface area contributed by atoms with Gasteiger partial charge in [0.25, 0.3) is 0 Å². The fraction of sp³-hybridized carbons (Fsp3) is 0.579. The Morgan fingerprint density at radius 2 is 1.83 bits per heavy atom. The summed E-state index contributed by atoms with van der Waals surface area (Å²) in [5.41, 5.74) is 0.966. The van der Waals surface area contributed by atoms with Gasteiger partial charge in [0.15, 0.2) is 0 Å². The third kappa shape index (κ3) is 3.46. The zero-order valence-electron chi connectivity index (χ0n) is 14.4. The fourth-order valence-electron chi connectivity index (χ4n) is 3.99.